The minimum absolute atomic E-state index is 1.11. The van der Waals surface area contributed by atoms with E-state index in [9.17, 15) is 0 Å². The van der Waals surface area contributed by atoms with Crippen molar-refractivity contribution >= 4 is 60.2 Å². The van der Waals surface area contributed by atoms with E-state index in [0.717, 1.165) is 11.4 Å². The molecule has 9 rings (SSSR count). The lowest BCUT2D eigenvalue weighted by Gasteiger charge is -2.29. The average molecular weight is 598 g/mol. The van der Waals surface area contributed by atoms with E-state index in [1.165, 1.54) is 71.0 Å². The van der Waals surface area contributed by atoms with Crippen LogP contribution in [0, 0.1) is 0 Å². The largest absolute Gasteiger partial charge is 0.310 e. The van der Waals surface area contributed by atoms with Gasteiger partial charge in [-0.3, -0.25) is 0 Å². The summed E-state index contributed by atoms with van der Waals surface area (Å²) in [5.41, 5.74) is 8.24. The predicted molar refractivity (Wildman–Crippen MR) is 202 cm³/mol. The smallest absolute Gasteiger partial charge is 0.0552 e. The van der Waals surface area contributed by atoms with Crippen molar-refractivity contribution in [1.29, 1.82) is 0 Å². The minimum Gasteiger partial charge on any atom is -0.310 e. The maximum atomic E-state index is 2.44. The number of hydrogen-bond acceptors (Lipinski definition) is 1. The second-order valence-corrected chi connectivity index (χ2v) is 12.2. The van der Waals surface area contributed by atoms with Gasteiger partial charge in [-0.2, -0.15) is 0 Å². The van der Waals surface area contributed by atoms with Crippen molar-refractivity contribution in [2.24, 2.45) is 0 Å². The van der Waals surface area contributed by atoms with Crippen LogP contribution in [0.25, 0.3) is 65.3 Å². The summed E-state index contributed by atoms with van der Waals surface area (Å²) in [6.45, 7) is 0. The molecule has 0 aliphatic rings. The molecule has 0 amide bonds. The lowest BCUT2D eigenvalue weighted by atomic mass is 9.94. The molecule has 0 heterocycles. The summed E-state index contributed by atoms with van der Waals surface area (Å²) in [5.74, 6) is 0. The van der Waals surface area contributed by atoms with Gasteiger partial charge in [0.2, 0.25) is 0 Å². The molecule has 0 N–H and O–H groups in total. The molecule has 9 aromatic carbocycles. The van der Waals surface area contributed by atoms with Crippen molar-refractivity contribution in [3.05, 3.63) is 188 Å². The molecular formula is C46H31N. The Morgan fingerprint density at radius 2 is 0.915 bits per heavy atom. The molecule has 47 heavy (non-hydrogen) atoms. The highest BCUT2D eigenvalue weighted by Gasteiger charge is 2.20. The molecule has 0 unspecified atom stereocenters. The first kappa shape index (κ1) is 27.2. The van der Waals surface area contributed by atoms with Gasteiger partial charge in [0.05, 0.1) is 5.69 Å². The summed E-state index contributed by atoms with van der Waals surface area (Å²) in [6, 6.07) is 68.3. The standard InChI is InChI=1S/C46H31N/c1-2-12-32(13-3-1)36-18-10-19-39(30-36)47(38-27-24-35(25-28-38)41-23-11-17-33-14-4-7-20-40(33)41)45-31-37-16-6-8-21-42(37)44-29-26-34-15-5-9-22-43(34)46(44)45/h1-31H. The first-order valence-corrected chi connectivity index (χ1v) is 16.2. The molecule has 0 fully saturated rings. The van der Waals surface area contributed by atoms with Crippen LogP contribution in [0.3, 0.4) is 0 Å². The summed E-state index contributed by atoms with van der Waals surface area (Å²) < 4.78 is 0. The molecule has 1 heteroatoms. The fraction of sp³-hybridized carbons (Fsp3) is 0. The maximum absolute atomic E-state index is 2.44. The molecule has 1 nitrogen and oxygen atoms in total. The summed E-state index contributed by atoms with van der Waals surface area (Å²) in [7, 11) is 0. The van der Waals surface area contributed by atoms with Gasteiger partial charge in [0.1, 0.15) is 0 Å². The normalized spacial score (nSPS) is 11.4. The Kier molecular flexibility index (Phi) is 6.54. The third-order valence-corrected chi connectivity index (χ3v) is 9.41. The molecular weight excluding hydrogens is 567 g/mol. The van der Waals surface area contributed by atoms with Crippen LogP contribution in [0.2, 0.25) is 0 Å². The Bertz CT molecular complexity index is 2560. The highest BCUT2D eigenvalue weighted by molar-refractivity contribution is 6.23. The zero-order chi connectivity index (χ0) is 31.2. The van der Waals surface area contributed by atoms with Crippen LogP contribution in [0.4, 0.5) is 17.1 Å². The molecule has 0 bridgehead atoms. The van der Waals surface area contributed by atoms with Crippen LogP contribution < -0.4 is 4.90 Å². The van der Waals surface area contributed by atoms with Crippen LogP contribution in [0.5, 0.6) is 0 Å². The van der Waals surface area contributed by atoms with E-state index in [2.05, 4.69) is 193 Å². The van der Waals surface area contributed by atoms with Gasteiger partial charge in [0.25, 0.3) is 0 Å². The fourth-order valence-corrected chi connectivity index (χ4v) is 7.19. The molecule has 0 aliphatic carbocycles. The van der Waals surface area contributed by atoms with Gasteiger partial charge in [0, 0.05) is 16.8 Å². The Morgan fingerprint density at radius 1 is 0.298 bits per heavy atom. The molecule has 0 radical (unpaired) electrons. The van der Waals surface area contributed by atoms with Crippen molar-refractivity contribution in [3.8, 4) is 22.3 Å². The Labute approximate surface area is 274 Å². The van der Waals surface area contributed by atoms with Crippen LogP contribution in [-0.2, 0) is 0 Å². The molecule has 0 saturated carbocycles. The van der Waals surface area contributed by atoms with Crippen molar-refractivity contribution in [1.82, 2.24) is 0 Å². The van der Waals surface area contributed by atoms with Gasteiger partial charge in [0.15, 0.2) is 0 Å². The summed E-state index contributed by atoms with van der Waals surface area (Å²) in [4.78, 5) is 2.44. The van der Waals surface area contributed by atoms with E-state index in [-0.39, 0.29) is 0 Å². The zero-order valence-electron chi connectivity index (χ0n) is 25.8. The van der Waals surface area contributed by atoms with Crippen LogP contribution in [-0.4, -0.2) is 0 Å². The maximum Gasteiger partial charge on any atom is 0.0552 e. The van der Waals surface area contributed by atoms with E-state index in [1.54, 1.807) is 0 Å². The van der Waals surface area contributed by atoms with E-state index >= 15 is 0 Å². The van der Waals surface area contributed by atoms with E-state index in [4.69, 9.17) is 0 Å². The number of anilines is 3. The fourth-order valence-electron chi connectivity index (χ4n) is 7.19. The van der Waals surface area contributed by atoms with Crippen LogP contribution in [0.15, 0.2) is 188 Å². The van der Waals surface area contributed by atoms with E-state index < -0.39 is 0 Å². The number of benzene rings is 9. The molecule has 220 valence electrons. The molecule has 0 saturated heterocycles. The predicted octanol–water partition coefficient (Wildman–Crippen LogP) is 13.1. The molecule has 0 aliphatic heterocycles. The second kappa shape index (κ2) is 11.3. The van der Waals surface area contributed by atoms with Crippen LogP contribution >= 0.6 is 0 Å². The summed E-state index contributed by atoms with van der Waals surface area (Å²) in [5, 5.41) is 10.0. The third-order valence-electron chi connectivity index (χ3n) is 9.41. The Hall–Kier alpha value is -6.18. The number of rotatable bonds is 5. The third kappa shape index (κ3) is 4.72. The zero-order valence-corrected chi connectivity index (χ0v) is 25.8. The highest BCUT2D eigenvalue weighted by Crippen LogP contribution is 2.45. The van der Waals surface area contributed by atoms with Crippen molar-refractivity contribution in [3.63, 3.8) is 0 Å². The van der Waals surface area contributed by atoms with Crippen molar-refractivity contribution < 1.29 is 0 Å². The SMILES string of the molecule is c1ccc(-c2cccc(N(c3ccc(-c4cccc5ccccc45)cc3)c3cc4ccccc4c4ccc5ccccc5c34)c2)cc1. The van der Waals surface area contributed by atoms with Gasteiger partial charge < -0.3 is 4.90 Å². The summed E-state index contributed by atoms with van der Waals surface area (Å²) in [6.07, 6.45) is 0. The van der Waals surface area contributed by atoms with E-state index in [0.29, 0.717) is 0 Å². The molecule has 0 aromatic heterocycles. The number of fused-ring (bicyclic) bond motifs is 6. The first-order chi connectivity index (χ1) is 23.3. The van der Waals surface area contributed by atoms with Crippen molar-refractivity contribution in [2.75, 3.05) is 4.90 Å². The van der Waals surface area contributed by atoms with Gasteiger partial charge in [-0.25, -0.2) is 0 Å². The lowest BCUT2D eigenvalue weighted by Crippen LogP contribution is -2.11. The number of nitrogens with zero attached hydrogens (tertiary/aromatic N) is 1. The van der Waals surface area contributed by atoms with E-state index in [1.807, 2.05) is 0 Å². The first-order valence-electron chi connectivity index (χ1n) is 16.2. The minimum atomic E-state index is 1.11. The molecule has 0 atom stereocenters. The Morgan fingerprint density at radius 3 is 1.72 bits per heavy atom. The highest BCUT2D eigenvalue weighted by atomic mass is 15.1. The monoisotopic (exact) mass is 597 g/mol. The molecule has 9 aromatic rings. The van der Waals surface area contributed by atoms with Crippen LogP contribution in [0.1, 0.15) is 0 Å². The number of hydrogen-bond donors (Lipinski definition) is 0. The topological polar surface area (TPSA) is 3.24 Å². The average Bonchev–Trinajstić information content (AvgIpc) is 3.15. The van der Waals surface area contributed by atoms with Gasteiger partial charge >= 0.3 is 0 Å². The van der Waals surface area contributed by atoms with Gasteiger partial charge in [-0.1, -0.05) is 158 Å². The van der Waals surface area contributed by atoms with Gasteiger partial charge in [-0.15, -0.1) is 0 Å². The summed E-state index contributed by atoms with van der Waals surface area (Å²) >= 11 is 0. The van der Waals surface area contributed by atoms with Gasteiger partial charge in [-0.05, 0) is 90.3 Å². The Balaban J connectivity index is 1.31. The molecule has 0 spiro atoms. The second-order valence-electron chi connectivity index (χ2n) is 12.2. The quantitative estimate of drug-likeness (QED) is 0.178. The van der Waals surface area contributed by atoms with Crippen molar-refractivity contribution in [2.45, 2.75) is 0 Å². The lowest BCUT2D eigenvalue weighted by molar-refractivity contribution is 1.30.